The molecule has 0 aromatic heterocycles. The minimum absolute atomic E-state index is 0.0135. The van der Waals surface area contributed by atoms with E-state index < -0.39 is 21.8 Å². The van der Waals surface area contributed by atoms with E-state index in [0.717, 1.165) is 5.56 Å². The number of hydrogen-bond acceptors (Lipinski definition) is 3. The maximum Gasteiger partial charge on any atom is 0.165 e. The van der Waals surface area contributed by atoms with Crippen molar-refractivity contribution >= 4 is 9.84 Å². The van der Waals surface area contributed by atoms with Gasteiger partial charge in [-0.2, -0.15) is 0 Å². The molecule has 1 aliphatic rings. The first-order chi connectivity index (χ1) is 7.46. The summed E-state index contributed by atoms with van der Waals surface area (Å²) in [5, 5.41) is 0. The van der Waals surface area contributed by atoms with Crippen molar-refractivity contribution < 1.29 is 17.5 Å². The van der Waals surface area contributed by atoms with E-state index in [0.29, 0.717) is 6.42 Å². The summed E-state index contributed by atoms with van der Waals surface area (Å²) in [5.41, 5.74) is 0.886. The summed E-state index contributed by atoms with van der Waals surface area (Å²) in [5.74, 6) is -0.192. The van der Waals surface area contributed by atoms with Crippen LogP contribution >= 0.6 is 0 Å². The fourth-order valence-electron chi connectivity index (χ4n) is 1.73. The van der Waals surface area contributed by atoms with E-state index in [1.165, 1.54) is 6.07 Å². The molecule has 2 rings (SSSR count). The largest absolute Gasteiger partial charge is 0.486 e. The molecule has 0 N–H and O–H groups in total. The highest BCUT2D eigenvalue weighted by molar-refractivity contribution is 7.91. The van der Waals surface area contributed by atoms with Gasteiger partial charge in [0.05, 0.1) is 11.5 Å². The van der Waals surface area contributed by atoms with E-state index >= 15 is 0 Å². The van der Waals surface area contributed by atoms with Crippen molar-refractivity contribution in [3.05, 3.63) is 29.6 Å². The first kappa shape index (κ1) is 11.4. The molecule has 0 radical (unpaired) electrons. The maximum atomic E-state index is 13.3. The number of benzene rings is 1. The lowest BCUT2D eigenvalue weighted by Gasteiger charge is -2.12. The predicted octanol–water partition coefficient (Wildman–Crippen LogP) is 1.70. The first-order valence-corrected chi connectivity index (χ1v) is 6.92. The second-order valence-corrected chi connectivity index (χ2v) is 6.31. The molecule has 3 nitrogen and oxygen atoms in total. The number of hydrogen-bond donors (Lipinski definition) is 0. The molecular formula is C11H13FO3S. The van der Waals surface area contributed by atoms with E-state index in [1.807, 2.05) is 6.92 Å². The van der Waals surface area contributed by atoms with Gasteiger partial charge in [-0.05, 0) is 31.0 Å². The van der Waals surface area contributed by atoms with Crippen LogP contribution in [0.5, 0.6) is 5.75 Å². The molecule has 0 saturated carbocycles. The van der Waals surface area contributed by atoms with E-state index in [4.69, 9.17) is 4.74 Å². The number of rotatable bonds is 2. The molecule has 1 saturated heterocycles. The lowest BCUT2D eigenvalue weighted by Crippen LogP contribution is -2.18. The monoisotopic (exact) mass is 244 g/mol. The molecule has 0 aliphatic carbocycles. The summed E-state index contributed by atoms with van der Waals surface area (Å²) in [6.07, 6.45) is 0.0247. The number of sulfone groups is 1. The summed E-state index contributed by atoms with van der Waals surface area (Å²) in [4.78, 5) is 0. The van der Waals surface area contributed by atoms with Crippen LogP contribution in [0, 0.1) is 12.7 Å². The zero-order chi connectivity index (χ0) is 11.8. The molecule has 1 aromatic carbocycles. The van der Waals surface area contributed by atoms with Crippen molar-refractivity contribution in [2.24, 2.45) is 0 Å². The molecule has 0 spiro atoms. The van der Waals surface area contributed by atoms with Crippen molar-refractivity contribution in [3.8, 4) is 5.75 Å². The van der Waals surface area contributed by atoms with Crippen LogP contribution in [-0.2, 0) is 9.84 Å². The highest BCUT2D eigenvalue weighted by Crippen LogP contribution is 2.23. The molecule has 1 aromatic rings. The fraction of sp³-hybridized carbons (Fsp3) is 0.455. The fourth-order valence-corrected chi connectivity index (χ4v) is 3.32. The third-order valence-electron chi connectivity index (χ3n) is 2.57. The second-order valence-electron chi connectivity index (χ2n) is 4.08. The summed E-state index contributed by atoms with van der Waals surface area (Å²) in [6.45, 7) is 1.83. The predicted molar refractivity (Wildman–Crippen MR) is 58.8 cm³/mol. The van der Waals surface area contributed by atoms with Gasteiger partial charge in [0, 0.05) is 0 Å². The van der Waals surface area contributed by atoms with E-state index in [-0.39, 0.29) is 17.3 Å². The van der Waals surface area contributed by atoms with Gasteiger partial charge in [-0.25, -0.2) is 12.8 Å². The standard InChI is InChI=1S/C11H13FO3S/c1-8-2-3-10(12)11(6-8)15-9-4-5-16(13,14)7-9/h2-3,6,9H,4-5,7H2,1H3. The van der Waals surface area contributed by atoms with Gasteiger partial charge in [-0.1, -0.05) is 6.07 Å². The lowest BCUT2D eigenvalue weighted by molar-refractivity contribution is 0.218. The molecule has 16 heavy (non-hydrogen) atoms. The molecule has 1 fully saturated rings. The van der Waals surface area contributed by atoms with Gasteiger partial charge in [0.15, 0.2) is 21.4 Å². The van der Waals surface area contributed by atoms with Gasteiger partial charge >= 0.3 is 0 Å². The van der Waals surface area contributed by atoms with Crippen molar-refractivity contribution in [1.82, 2.24) is 0 Å². The van der Waals surface area contributed by atoms with E-state index in [9.17, 15) is 12.8 Å². The Morgan fingerprint density at radius 3 is 2.81 bits per heavy atom. The van der Waals surface area contributed by atoms with Gasteiger partial charge in [-0.3, -0.25) is 0 Å². The maximum absolute atomic E-state index is 13.3. The Kier molecular flexibility index (Phi) is 2.88. The third kappa shape index (κ3) is 2.52. The van der Waals surface area contributed by atoms with Crippen molar-refractivity contribution in [2.75, 3.05) is 11.5 Å². The van der Waals surface area contributed by atoms with Crippen LogP contribution in [0.1, 0.15) is 12.0 Å². The zero-order valence-corrected chi connectivity index (χ0v) is 9.76. The topological polar surface area (TPSA) is 43.4 Å². The molecule has 1 unspecified atom stereocenters. The first-order valence-electron chi connectivity index (χ1n) is 5.09. The molecule has 1 atom stereocenters. The Balaban J connectivity index is 2.13. The summed E-state index contributed by atoms with van der Waals surface area (Å²) < 4.78 is 41.1. The van der Waals surface area contributed by atoms with Crippen LogP contribution in [0.2, 0.25) is 0 Å². The SMILES string of the molecule is Cc1ccc(F)c(OC2CCS(=O)(=O)C2)c1. The molecule has 1 aliphatic heterocycles. The molecular weight excluding hydrogens is 231 g/mol. The summed E-state index contributed by atoms with van der Waals surface area (Å²) in [7, 11) is -2.99. The van der Waals surface area contributed by atoms with Gasteiger partial charge in [0.1, 0.15) is 6.10 Å². The minimum Gasteiger partial charge on any atom is -0.486 e. The second kappa shape index (κ2) is 4.05. The quantitative estimate of drug-likeness (QED) is 0.795. The minimum atomic E-state index is -2.99. The van der Waals surface area contributed by atoms with Crippen LogP contribution in [-0.4, -0.2) is 26.0 Å². The summed E-state index contributed by atoms with van der Waals surface area (Å²) in [6, 6.07) is 4.56. The Hall–Kier alpha value is -1.10. The highest BCUT2D eigenvalue weighted by atomic mass is 32.2. The number of halogens is 1. The van der Waals surface area contributed by atoms with Crippen LogP contribution < -0.4 is 4.74 Å². The van der Waals surface area contributed by atoms with E-state index in [1.54, 1.807) is 12.1 Å². The summed E-state index contributed by atoms with van der Waals surface area (Å²) >= 11 is 0. The van der Waals surface area contributed by atoms with Gasteiger partial charge in [-0.15, -0.1) is 0 Å². The Labute approximate surface area is 94.2 Å². The number of aryl methyl sites for hydroxylation is 1. The van der Waals surface area contributed by atoms with Gasteiger partial charge < -0.3 is 4.74 Å². The van der Waals surface area contributed by atoms with Crippen molar-refractivity contribution in [1.29, 1.82) is 0 Å². The smallest absolute Gasteiger partial charge is 0.165 e. The normalized spacial score (nSPS) is 23.2. The number of ether oxygens (including phenoxy) is 1. The van der Waals surface area contributed by atoms with Crippen LogP contribution in [0.15, 0.2) is 18.2 Å². The van der Waals surface area contributed by atoms with Crippen LogP contribution in [0.3, 0.4) is 0 Å². The molecule has 5 heteroatoms. The third-order valence-corrected chi connectivity index (χ3v) is 4.31. The lowest BCUT2D eigenvalue weighted by atomic mass is 10.2. The van der Waals surface area contributed by atoms with Crippen molar-refractivity contribution in [3.63, 3.8) is 0 Å². The van der Waals surface area contributed by atoms with Crippen molar-refractivity contribution in [2.45, 2.75) is 19.4 Å². The highest BCUT2D eigenvalue weighted by Gasteiger charge is 2.29. The molecule has 0 amide bonds. The molecule has 88 valence electrons. The van der Waals surface area contributed by atoms with Gasteiger partial charge in [0.25, 0.3) is 0 Å². The van der Waals surface area contributed by atoms with E-state index in [2.05, 4.69) is 0 Å². The zero-order valence-electron chi connectivity index (χ0n) is 8.94. The Morgan fingerprint density at radius 1 is 1.44 bits per heavy atom. The Bertz CT molecular complexity index is 496. The average molecular weight is 244 g/mol. The molecule has 1 heterocycles. The van der Waals surface area contributed by atoms with Gasteiger partial charge in [0.2, 0.25) is 0 Å². The van der Waals surface area contributed by atoms with Crippen LogP contribution in [0.25, 0.3) is 0 Å². The Morgan fingerprint density at radius 2 is 2.19 bits per heavy atom. The van der Waals surface area contributed by atoms with Crippen LogP contribution in [0.4, 0.5) is 4.39 Å². The molecule has 0 bridgehead atoms. The average Bonchev–Trinajstić information content (AvgIpc) is 2.52.